The summed E-state index contributed by atoms with van der Waals surface area (Å²) in [7, 11) is 0. The molecule has 1 amide bonds. The number of rotatable bonds is 9. The number of nitrogens with zero attached hydrogens (tertiary/aromatic N) is 5. The van der Waals surface area contributed by atoms with Crippen LogP contribution in [0.1, 0.15) is 41.6 Å². The third kappa shape index (κ3) is 5.83. The topological polar surface area (TPSA) is 122 Å². The summed E-state index contributed by atoms with van der Waals surface area (Å²) in [5, 5.41) is 11.9. The molecule has 1 saturated heterocycles. The number of imidazole rings is 1. The van der Waals surface area contributed by atoms with Crippen molar-refractivity contribution in [3.8, 4) is 23.1 Å². The van der Waals surface area contributed by atoms with Crippen LogP contribution in [-0.2, 0) is 0 Å². The number of nitrogens with one attached hydrogen (secondary N) is 1. The number of carbonyl (C=O) groups excluding carboxylic acids is 1. The number of carbonyl (C=O) groups is 1. The number of fused-ring (bicyclic) bond motifs is 1. The maximum Gasteiger partial charge on any atom is 0.254 e. The largest absolute Gasteiger partial charge is 0.490 e. The van der Waals surface area contributed by atoms with Gasteiger partial charge in [-0.25, -0.2) is 14.4 Å². The van der Waals surface area contributed by atoms with E-state index in [2.05, 4.69) is 15.3 Å². The number of likely N-dealkylation sites (tertiary alicyclic amines) is 1. The van der Waals surface area contributed by atoms with E-state index in [0.717, 1.165) is 18.4 Å². The van der Waals surface area contributed by atoms with Gasteiger partial charge in [-0.1, -0.05) is 0 Å². The zero-order chi connectivity index (χ0) is 28.9. The fraction of sp³-hybridized carbons (Fsp3) is 0.333. The van der Waals surface area contributed by atoms with Gasteiger partial charge in [-0.05, 0) is 74.5 Å². The first-order chi connectivity index (χ1) is 19.9. The van der Waals surface area contributed by atoms with E-state index in [9.17, 15) is 9.18 Å². The van der Waals surface area contributed by atoms with E-state index in [1.807, 2.05) is 30.0 Å². The molecule has 4 aromatic rings. The first-order valence-electron chi connectivity index (χ1n) is 13.6. The first-order valence-corrected chi connectivity index (χ1v) is 13.6. The Kier molecular flexibility index (Phi) is 8.40. The lowest BCUT2D eigenvalue weighted by Gasteiger charge is -2.31. The van der Waals surface area contributed by atoms with Gasteiger partial charge in [-0.15, -0.1) is 0 Å². The number of nitrogens with two attached hydrogens (primary N) is 1. The van der Waals surface area contributed by atoms with Crippen molar-refractivity contribution < 1.29 is 18.3 Å². The van der Waals surface area contributed by atoms with Crippen molar-refractivity contribution >= 4 is 23.1 Å². The molecule has 0 bridgehead atoms. The molecular weight excluding hydrogens is 528 g/mol. The standard InChI is InChI=1S/C30H31F2N7O2/c1-19-16-21(4-5-22(19)30(40)38-12-8-20(17-34)9-13-38)37-28-29-36-18-24(39(29)14-11-35-28)23-6-7-25(27(32)26(23)31)41-15-3-2-10-33/h4-7,11,14,16,18,20H,2-3,8-9,12-13,15,17,34H2,1H3,(H,35,37). The molecule has 41 heavy (non-hydrogen) atoms. The Morgan fingerprint density at radius 2 is 2.00 bits per heavy atom. The highest BCUT2D eigenvalue weighted by Crippen LogP contribution is 2.32. The third-order valence-corrected chi connectivity index (χ3v) is 7.40. The van der Waals surface area contributed by atoms with E-state index in [1.54, 1.807) is 16.7 Å². The number of ether oxygens (including phenoxy) is 1. The number of aryl methyl sites for hydroxylation is 1. The summed E-state index contributed by atoms with van der Waals surface area (Å²) in [5.74, 6) is -1.47. The number of amides is 1. The fourth-order valence-corrected chi connectivity index (χ4v) is 5.04. The summed E-state index contributed by atoms with van der Waals surface area (Å²) in [5.41, 5.74) is 8.73. The molecule has 5 rings (SSSR count). The molecule has 0 radical (unpaired) electrons. The Morgan fingerprint density at radius 3 is 2.73 bits per heavy atom. The van der Waals surface area contributed by atoms with E-state index < -0.39 is 11.6 Å². The van der Waals surface area contributed by atoms with Crippen molar-refractivity contribution in [2.45, 2.75) is 32.6 Å². The van der Waals surface area contributed by atoms with Crippen molar-refractivity contribution in [2.24, 2.45) is 11.7 Å². The van der Waals surface area contributed by atoms with Gasteiger partial charge in [0.2, 0.25) is 5.82 Å². The minimum atomic E-state index is -1.10. The molecule has 2 aromatic heterocycles. The van der Waals surface area contributed by atoms with Crippen LogP contribution in [-0.4, -0.2) is 51.4 Å². The predicted molar refractivity (Wildman–Crippen MR) is 151 cm³/mol. The number of anilines is 2. The van der Waals surface area contributed by atoms with E-state index in [0.29, 0.717) is 60.4 Å². The van der Waals surface area contributed by atoms with Crippen molar-refractivity contribution in [3.05, 3.63) is 71.7 Å². The molecule has 1 aliphatic heterocycles. The molecule has 2 aromatic carbocycles. The quantitative estimate of drug-likeness (QED) is 0.270. The van der Waals surface area contributed by atoms with Gasteiger partial charge in [0.15, 0.2) is 23.0 Å². The molecule has 11 heteroatoms. The molecule has 0 saturated carbocycles. The van der Waals surface area contributed by atoms with Gasteiger partial charge in [0, 0.05) is 48.7 Å². The van der Waals surface area contributed by atoms with Gasteiger partial charge in [0.05, 0.1) is 24.6 Å². The van der Waals surface area contributed by atoms with Crippen LogP contribution >= 0.6 is 0 Å². The van der Waals surface area contributed by atoms with E-state index in [-0.39, 0.29) is 30.2 Å². The Labute approximate surface area is 236 Å². The second kappa shape index (κ2) is 12.3. The minimum Gasteiger partial charge on any atom is -0.490 e. The van der Waals surface area contributed by atoms with Crippen LogP contribution < -0.4 is 15.8 Å². The van der Waals surface area contributed by atoms with Crippen molar-refractivity contribution in [2.75, 3.05) is 31.6 Å². The van der Waals surface area contributed by atoms with E-state index in [1.165, 1.54) is 24.5 Å². The monoisotopic (exact) mass is 559 g/mol. The summed E-state index contributed by atoms with van der Waals surface area (Å²) < 4.78 is 36.8. The highest BCUT2D eigenvalue weighted by molar-refractivity contribution is 5.96. The SMILES string of the molecule is Cc1cc(Nc2nccn3c(-c4ccc(OCCCC#N)c(F)c4F)cnc23)ccc1C(=O)N1CCC(CN)CC1. The van der Waals surface area contributed by atoms with Crippen molar-refractivity contribution in [3.63, 3.8) is 0 Å². The zero-order valence-electron chi connectivity index (χ0n) is 22.7. The molecular formula is C30H31F2N7O2. The van der Waals surface area contributed by atoms with Gasteiger partial charge in [0.25, 0.3) is 5.91 Å². The van der Waals surface area contributed by atoms with Crippen LogP contribution in [0.25, 0.3) is 16.9 Å². The highest BCUT2D eigenvalue weighted by Gasteiger charge is 2.24. The third-order valence-electron chi connectivity index (χ3n) is 7.40. The molecule has 212 valence electrons. The average molecular weight is 560 g/mol. The van der Waals surface area contributed by atoms with Gasteiger partial charge < -0.3 is 20.7 Å². The van der Waals surface area contributed by atoms with E-state index in [4.69, 9.17) is 15.7 Å². The molecule has 0 spiro atoms. The molecule has 1 aliphatic rings. The lowest BCUT2D eigenvalue weighted by molar-refractivity contribution is 0.0692. The fourth-order valence-electron chi connectivity index (χ4n) is 5.04. The van der Waals surface area contributed by atoms with Crippen LogP contribution in [0.2, 0.25) is 0 Å². The predicted octanol–water partition coefficient (Wildman–Crippen LogP) is 5.22. The molecule has 1 fully saturated rings. The maximum atomic E-state index is 15.1. The number of piperidine rings is 1. The molecule has 3 heterocycles. The van der Waals surface area contributed by atoms with Gasteiger partial charge >= 0.3 is 0 Å². The summed E-state index contributed by atoms with van der Waals surface area (Å²) in [6, 6.07) is 10.3. The normalized spacial score (nSPS) is 13.8. The van der Waals surface area contributed by atoms with Crippen LogP contribution in [0.3, 0.4) is 0 Å². The zero-order valence-corrected chi connectivity index (χ0v) is 22.7. The van der Waals surface area contributed by atoms with Crippen molar-refractivity contribution in [1.82, 2.24) is 19.3 Å². The van der Waals surface area contributed by atoms with Crippen LogP contribution in [0, 0.1) is 35.8 Å². The maximum absolute atomic E-state index is 15.1. The highest BCUT2D eigenvalue weighted by atomic mass is 19.2. The van der Waals surface area contributed by atoms with Gasteiger partial charge in [-0.3, -0.25) is 9.20 Å². The summed E-state index contributed by atoms with van der Waals surface area (Å²) in [4.78, 5) is 23.8. The molecule has 0 unspecified atom stereocenters. The Balaban J connectivity index is 1.35. The number of hydrogen-bond acceptors (Lipinski definition) is 7. The lowest BCUT2D eigenvalue weighted by atomic mass is 9.96. The Hall–Kier alpha value is -4.56. The number of unbranched alkanes of at least 4 members (excludes halogenated alkanes) is 1. The van der Waals surface area contributed by atoms with Crippen LogP contribution in [0.4, 0.5) is 20.3 Å². The summed E-state index contributed by atoms with van der Waals surface area (Å²) in [6.07, 6.45) is 7.13. The van der Waals surface area contributed by atoms with Gasteiger partial charge in [-0.2, -0.15) is 9.65 Å². The number of aromatic nitrogens is 3. The number of benzene rings is 2. The molecule has 9 nitrogen and oxygen atoms in total. The van der Waals surface area contributed by atoms with Crippen molar-refractivity contribution in [1.29, 1.82) is 5.26 Å². The minimum absolute atomic E-state index is 0.00971. The molecule has 0 aliphatic carbocycles. The number of hydrogen-bond donors (Lipinski definition) is 2. The molecule has 0 atom stereocenters. The van der Waals surface area contributed by atoms with Gasteiger partial charge in [0.1, 0.15) is 0 Å². The van der Waals surface area contributed by atoms with Crippen LogP contribution in [0.5, 0.6) is 5.75 Å². The number of halogens is 2. The van der Waals surface area contributed by atoms with E-state index >= 15 is 4.39 Å². The Bertz CT molecular complexity index is 1610. The Morgan fingerprint density at radius 1 is 1.20 bits per heavy atom. The summed E-state index contributed by atoms with van der Waals surface area (Å²) in [6.45, 7) is 4.06. The second-order valence-electron chi connectivity index (χ2n) is 10.1. The molecule has 3 N–H and O–H groups in total. The average Bonchev–Trinajstić information content (AvgIpc) is 3.42. The second-order valence-corrected chi connectivity index (χ2v) is 10.1. The smallest absolute Gasteiger partial charge is 0.254 e. The summed E-state index contributed by atoms with van der Waals surface area (Å²) >= 11 is 0. The number of nitriles is 1. The first kappa shape index (κ1) is 28.0. The lowest BCUT2D eigenvalue weighted by Crippen LogP contribution is -2.40. The van der Waals surface area contributed by atoms with Crippen LogP contribution in [0.15, 0.2) is 48.9 Å².